The van der Waals surface area contributed by atoms with E-state index in [0.29, 0.717) is 18.0 Å². The van der Waals surface area contributed by atoms with Crippen molar-refractivity contribution in [2.24, 2.45) is 5.73 Å². The predicted molar refractivity (Wildman–Crippen MR) is 83.5 cm³/mol. The fraction of sp³-hybridized carbons (Fsp3) is 0.462. The third kappa shape index (κ3) is 5.80. The van der Waals surface area contributed by atoms with Gasteiger partial charge < -0.3 is 16.4 Å². The lowest BCUT2D eigenvalue weighted by Crippen LogP contribution is -2.38. The Kier molecular flexibility index (Phi) is 6.62. The molecular weight excluding hydrogens is 330 g/mol. The van der Waals surface area contributed by atoms with E-state index < -0.39 is 0 Å². The van der Waals surface area contributed by atoms with Crippen LogP contribution in [-0.2, 0) is 4.79 Å². The van der Waals surface area contributed by atoms with Crippen LogP contribution in [0.25, 0.3) is 0 Å². The number of anilines is 1. The Bertz CT molecular complexity index is 440. The van der Waals surface area contributed by atoms with Crippen LogP contribution in [0.2, 0.25) is 5.02 Å². The first-order chi connectivity index (χ1) is 8.92. The smallest absolute Gasteiger partial charge is 0.222 e. The van der Waals surface area contributed by atoms with Gasteiger partial charge in [-0.2, -0.15) is 0 Å². The molecule has 4 nitrogen and oxygen atoms in total. The molecule has 1 amide bonds. The molecule has 1 atom stereocenters. The molecule has 6 heteroatoms. The summed E-state index contributed by atoms with van der Waals surface area (Å²) < 4.78 is 0.835. The fourth-order valence-electron chi connectivity index (χ4n) is 1.62. The van der Waals surface area contributed by atoms with Gasteiger partial charge in [0.25, 0.3) is 0 Å². The van der Waals surface area contributed by atoms with Crippen molar-refractivity contribution in [1.29, 1.82) is 0 Å². The van der Waals surface area contributed by atoms with Crippen LogP contribution < -0.4 is 16.4 Å². The highest BCUT2D eigenvalue weighted by Crippen LogP contribution is 2.25. The molecule has 19 heavy (non-hydrogen) atoms. The van der Waals surface area contributed by atoms with Crippen molar-refractivity contribution in [3.8, 4) is 0 Å². The van der Waals surface area contributed by atoms with Crippen LogP contribution in [0.1, 0.15) is 20.3 Å². The molecule has 0 fully saturated rings. The Morgan fingerprint density at radius 1 is 1.47 bits per heavy atom. The average molecular weight is 349 g/mol. The minimum absolute atomic E-state index is 0.0128. The summed E-state index contributed by atoms with van der Waals surface area (Å²) in [5.74, 6) is -0.0128. The van der Waals surface area contributed by atoms with Gasteiger partial charge in [-0.15, -0.1) is 0 Å². The number of benzene rings is 1. The molecule has 0 aliphatic rings. The summed E-state index contributed by atoms with van der Waals surface area (Å²) in [6, 6.07) is 5.56. The van der Waals surface area contributed by atoms with Gasteiger partial charge in [0.1, 0.15) is 0 Å². The highest BCUT2D eigenvalue weighted by Gasteiger charge is 2.13. The molecule has 0 aliphatic carbocycles. The minimum Gasteiger partial charge on any atom is -0.380 e. The number of rotatable bonds is 6. The predicted octanol–water partition coefficient (Wildman–Crippen LogP) is 2.76. The first-order valence-corrected chi connectivity index (χ1v) is 7.30. The van der Waals surface area contributed by atoms with Gasteiger partial charge in [-0.05, 0) is 48.0 Å². The molecule has 0 aliphatic heterocycles. The largest absolute Gasteiger partial charge is 0.380 e. The summed E-state index contributed by atoms with van der Waals surface area (Å²) in [5, 5.41) is 6.67. The lowest BCUT2D eigenvalue weighted by atomic mass is 10.1. The number of carbonyl (C=O) groups is 1. The van der Waals surface area contributed by atoms with E-state index in [2.05, 4.69) is 26.6 Å². The number of carbonyl (C=O) groups excluding carboxylic acids is 1. The van der Waals surface area contributed by atoms with E-state index >= 15 is 0 Å². The molecule has 1 aromatic carbocycles. The molecule has 0 aromatic heterocycles. The van der Waals surface area contributed by atoms with Gasteiger partial charge in [-0.1, -0.05) is 11.6 Å². The molecule has 0 saturated carbocycles. The second kappa shape index (κ2) is 7.72. The van der Waals surface area contributed by atoms with Gasteiger partial charge in [-0.25, -0.2) is 0 Å². The molecule has 0 radical (unpaired) electrons. The maximum atomic E-state index is 11.7. The second-order valence-electron chi connectivity index (χ2n) is 4.63. The summed E-state index contributed by atoms with van der Waals surface area (Å²) in [4.78, 5) is 11.7. The maximum absolute atomic E-state index is 11.7. The zero-order valence-electron chi connectivity index (χ0n) is 11.0. The van der Waals surface area contributed by atoms with Crippen molar-refractivity contribution in [3.05, 3.63) is 27.7 Å². The molecule has 4 N–H and O–H groups in total. The van der Waals surface area contributed by atoms with Crippen molar-refractivity contribution in [1.82, 2.24) is 5.32 Å². The Balaban J connectivity index is 2.61. The second-order valence-corrected chi connectivity index (χ2v) is 5.89. The highest BCUT2D eigenvalue weighted by molar-refractivity contribution is 9.10. The van der Waals surface area contributed by atoms with E-state index in [9.17, 15) is 4.79 Å². The Hall–Kier alpha value is -0.780. The average Bonchev–Trinajstić information content (AvgIpc) is 2.32. The van der Waals surface area contributed by atoms with Crippen molar-refractivity contribution < 1.29 is 4.79 Å². The van der Waals surface area contributed by atoms with Crippen LogP contribution in [0.15, 0.2) is 22.7 Å². The monoisotopic (exact) mass is 347 g/mol. The number of amides is 1. The highest BCUT2D eigenvalue weighted by atomic mass is 79.9. The Labute approximate surface area is 127 Å². The third-order valence-corrected chi connectivity index (χ3v) is 3.69. The van der Waals surface area contributed by atoms with Gasteiger partial charge >= 0.3 is 0 Å². The summed E-state index contributed by atoms with van der Waals surface area (Å²) in [5.41, 5.74) is 6.53. The van der Waals surface area contributed by atoms with E-state index in [1.807, 2.05) is 26.0 Å². The summed E-state index contributed by atoms with van der Waals surface area (Å²) in [6.45, 7) is 4.23. The van der Waals surface area contributed by atoms with Crippen LogP contribution in [-0.4, -0.2) is 24.5 Å². The van der Waals surface area contributed by atoms with Crippen molar-refractivity contribution in [3.63, 3.8) is 0 Å². The first kappa shape index (κ1) is 16.3. The normalized spacial score (nSPS) is 12.3. The van der Waals surface area contributed by atoms with Gasteiger partial charge in [0, 0.05) is 35.2 Å². The van der Waals surface area contributed by atoms with Crippen LogP contribution in [0, 0.1) is 0 Å². The lowest BCUT2D eigenvalue weighted by Gasteiger charge is -2.19. The molecular formula is C13H19BrClN3O. The zero-order chi connectivity index (χ0) is 14.4. The molecule has 1 rings (SSSR count). The first-order valence-electron chi connectivity index (χ1n) is 6.13. The molecule has 1 aromatic rings. The topological polar surface area (TPSA) is 67.2 Å². The van der Waals surface area contributed by atoms with Gasteiger partial charge in [0.05, 0.1) is 5.02 Å². The summed E-state index contributed by atoms with van der Waals surface area (Å²) in [6.07, 6.45) is 0.336. The Morgan fingerprint density at radius 3 is 2.68 bits per heavy atom. The lowest BCUT2D eigenvalue weighted by molar-refractivity contribution is -0.121. The quantitative estimate of drug-likeness (QED) is 0.740. The number of nitrogens with two attached hydrogens (primary N) is 1. The van der Waals surface area contributed by atoms with Crippen LogP contribution in [0.4, 0.5) is 5.69 Å². The van der Waals surface area contributed by atoms with E-state index in [4.69, 9.17) is 17.3 Å². The third-order valence-electron chi connectivity index (χ3n) is 2.46. The van der Waals surface area contributed by atoms with Gasteiger partial charge in [-0.3, -0.25) is 4.79 Å². The van der Waals surface area contributed by atoms with E-state index in [0.717, 1.165) is 10.2 Å². The fourth-order valence-corrected chi connectivity index (χ4v) is 2.05. The van der Waals surface area contributed by atoms with Gasteiger partial charge in [0.15, 0.2) is 0 Å². The van der Waals surface area contributed by atoms with Crippen LogP contribution >= 0.6 is 27.5 Å². The van der Waals surface area contributed by atoms with E-state index in [1.165, 1.54) is 0 Å². The zero-order valence-corrected chi connectivity index (χ0v) is 13.4. The van der Waals surface area contributed by atoms with Crippen molar-refractivity contribution >= 4 is 39.1 Å². The number of nitrogens with one attached hydrogen (secondary N) is 2. The molecule has 0 heterocycles. The SMILES string of the molecule is CC(C)NC(=O)CC(CN)Nc1ccc(Br)c(Cl)c1. The van der Waals surface area contributed by atoms with E-state index in [1.54, 1.807) is 6.07 Å². The van der Waals surface area contributed by atoms with Crippen LogP contribution in [0.3, 0.4) is 0 Å². The van der Waals surface area contributed by atoms with Crippen molar-refractivity contribution in [2.45, 2.75) is 32.4 Å². The molecule has 0 spiro atoms. The molecule has 0 bridgehead atoms. The Morgan fingerprint density at radius 2 is 2.16 bits per heavy atom. The summed E-state index contributed by atoms with van der Waals surface area (Å²) in [7, 11) is 0. The standard InChI is InChI=1S/C13H19BrClN3O/c1-8(2)17-13(19)6-10(7-16)18-9-3-4-11(14)12(15)5-9/h3-5,8,10,18H,6-7,16H2,1-2H3,(H,17,19). The van der Waals surface area contributed by atoms with E-state index in [-0.39, 0.29) is 18.0 Å². The van der Waals surface area contributed by atoms with Crippen molar-refractivity contribution in [2.75, 3.05) is 11.9 Å². The number of halogens is 2. The minimum atomic E-state index is -0.115. The molecule has 0 saturated heterocycles. The molecule has 106 valence electrons. The number of hydrogen-bond donors (Lipinski definition) is 3. The number of hydrogen-bond acceptors (Lipinski definition) is 3. The van der Waals surface area contributed by atoms with Gasteiger partial charge in [0.2, 0.25) is 5.91 Å². The maximum Gasteiger partial charge on any atom is 0.222 e. The summed E-state index contributed by atoms with van der Waals surface area (Å²) >= 11 is 9.35. The molecule has 1 unspecified atom stereocenters. The van der Waals surface area contributed by atoms with Crippen LogP contribution in [0.5, 0.6) is 0 Å².